The van der Waals surface area contributed by atoms with Gasteiger partial charge in [0.15, 0.2) is 0 Å². The van der Waals surface area contributed by atoms with Gasteiger partial charge in [-0.3, -0.25) is 4.90 Å². The molecule has 3 nitrogen and oxygen atoms in total. The number of hydrogen-bond donors (Lipinski definition) is 1. The molecule has 0 aromatic carbocycles. The molecule has 2 heterocycles. The Labute approximate surface area is 96.6 Å². The zero-order chi connectivity index (χ0) is 11.1. The monoisotopic (exact) mass is 220 g/mol. The maximum atomic E-state index is 6.03. The van der Waals surface area contributed by atoms with Gasteiger partial charge in [0, 0.05) is 31.5 Å². The van der Waals surface area contributed by atoms with E-state index in [1.165, 1.54) is 41.9 Å². The van der Waals surface area contributed by atoms with Crippen molar-refractivity contribution in [3.63, 3.8) is 0 Å². The van der Waals surface area contributed by atoms with Gasteiger partial charge in [-0.15, -0.1) is 0 Å². The van der Waals surface area contributed by atoms with Gasteiger partial charge in [-0.25, -0.2) is 0 Å². The predicted molar refractivity (Wildman–Crippen MR) is 63.5 cm³/mol. The Hall–Kier alpha value is -0.800. The van der Waals surface area contributed by atoms with Crippen molar-refractivity contribution < 1.29 is 4.42 Å². The summed E-state index contributed by atoms with van der Waals surface area (Å²) in [6.07, 6.45) is 5.96. The van der Waals surface area contributed by atoms with Gasteiger partial charge in [0.2, 0.25) is 0 Å². The number of nitrogens with zero attached hydrogens (tertiary/aromatic N) is 1. The SMILES string of the molecule is CN1CCc2oc3c(c2C1CN)CCCC3. The summed E-state index contributed by atoms with van der Waals surface area (Å²) in [5, 5.41) is 0. The lowest BCUT2D eigenvalue weighted by Crippen LogP contribution is -2.36. The molecule has 1 aliphatic heterocycles. The van der Waals surface area contributed by atoms with Crippen molar-refractivity contribution in [1.82, 2.24) is 4.90 Å². The third-order valence-corrected chi connectivity index (χ3v) is 4.07. The molecule has 16 heavy (non-hydrogen) atoms. The van der Waals surface area contributed by atoms with Crippen molar-refractivity contribution in [3.05, 3.63) is 22.6 Å². The van der Waals surface area contributed by atoms with E-state index in [4.69, 9.17) is 10.2 Å². The highest BCUT2D eigenvalue weighted by Gasteiger charge is 2.32. The minimum absolute atomic E-state index is 0.384. The first-order valence-electron chi connectivity index (χ1n) is 6.35. The highest BCUT2D eigenvalue weighted by molar-refractivity contribution is 5.39. The summed E-state index contributed by atoms with van der Waals surface area (Å²) in [6, 6.07) is 0.384. The van der Waals surface area contributed by atoms with Crippen LogP contribution in [-0.4, -0.2) is 25.0 Å². The van der Waals surface area contributed by atoms with Gasteiger partial charge in [-0.05, 0) is 31.9 Å². The van der Waals surface area contributed by atoms with Crippen LogP contribution >= 0.6 is 0 Å². The molecule has 3 rings (SSSR count). The van der Waals surface area contributed by atoms with E-state index in [9.17, 15) is 0 Å². The molecule has 3 heteroatoms. The maximum absolute atomic E-state index is 6.03. The lowest BCUT2D eigenvalue weighted by atomic mass is 9.89. The van der Waals surface area contributed by atoms with E-state index >= 15 is 0 Å². The number of fused-ring (bicyclic) bond motifs is 3. The normalized spacial score (nSPS) is 25.2. The number of hydrogen-bond acceptors (Lipinski definition) is 3. The first-order chi connectivity index (χ1) is 7.81. The van der Waals surface area contributed by atoms with Crippen molar-refractivity contribution in [3.8, 4) is 0 Å². The van der Waals surface area contributed by atoms with Crippen LogP contribution in [-0.2, 0) is 19.3 Å². The van der Waals surface area contributed by atoms with Crippen LogP contribution in [0.1, 0.15) is 41.5 Å². The molecule has 0 saturated carbocycles. The van der Waals surface area contributed by atoms with Crippen LogP contribution in [0.15, 0.2) is 4.42 Å². The van der Waals surface area contributed by atoms with Gasteiger partial charge >= 0.3 is 0 Å². The molecule has 1 aromatic heterocycles. The Morgan fingerprint density at radius 3 is 2.88 bits per heavy atom. The standard InChI is InChI=1S/C13H20N2O/c1-15-7-6-12-13(10(15)8-14)9-4-2-3-5-11(9)16-12/h10H,2-8,14H2,1H3. The van der Waals surface area contributed by atoms with Crippen molar-refractivity contribution in [2.24, 2.45) is 5.73 Å². The summed E-state index contributed by atoms with van der Waals surface area (Å²) < 4.78 is 6.03. The number of nitrogens with two attached hydrogens (primary N) is 1. The van der Waals surface area contributed by atoms with Crippen molar-refractivity contribution >= 4 is 0 Å². The first kappa shape index (κ1) is 10.4. The predicted octanol–water partition coefficient (Wildman–Crippen LogP) is 1.65. The Kier molecular flexibility index (Phi) is 2.52. The van der Waals surface area contributed by atoms with Gasteiger partial charge in [0.25, 0.3) is 0 Å². The summed E-state index contributed by atoms with van der Waals surface area (Å²) in [4.78, 5) is 2.37. The second-order valence-electron chi connectivity index (χ2n) is 5.03. The van der Waals surface area contributed by atoms with E-state index in [2.05, 4.69) is 11.9 Å². The average Bonchev–Trinajstić information content (AvgIpc) is 2.68. The highest BCUT2D eigenvalue weighted by Crippen LogP contribution is 2.38. The lowest BCUT2D eigenvalue weighted by Gasteiger charge is -2.32. The third-order valence-electron chi connectivity index (χ3n) is 4.07. The van der Waals surface area contributed by atoms with Gasteiger partial charge in [-0.2, -0.15) is 0 Å². The number of likely N-dealkylation sites (N-methyl/N-ethyl adjacent to an activating group) is 1. The van der Waals surface area contributed by atoms with E-state index in [1.807, 2.05) is 0 Å². The van der Waals surface area contributed by atoms with Crippen molar-refractivity contribution in [1.29, 1.82) is 0 Å². The minimum atomic E-state index is 0.384. The van der Waals surface area contributed by atoms with E-state index in [1.54, 1.807) is 0 Å². The fourth-order valence-corrected chi connectivity index (χ4v) is 3.17. The molecule has 0 radical (unpaired) electrons. The molecule has 1 aliphatic carbocycles. The first-order valence-corrected chi connectivity index (χ1v) is 6.35. The molecular weight excluding hydrogens is 200 g/mol. The Morgan fingerprint density at radius 2 is 2.06 bits per heavy atom. The molecule has 1 atom stereocenters. The minimum Gasteiger partial charge on any atom is -0.465 e. The zero-order valence-electron chi connectivity index (χ0n) is 9.96. The molecule has 0 spiro atoms. The zero-order valence-corrected chi connectivity index (χ0v) is 9.96. The molecule has 0 bridgehead atoms. The van der Waals surface area contributed by atoms with Crippen LogP contribution in [0.3, 0.4) is 0 Å². The van der Waals surface area contributed by atoms with Crippen LogP contribution in [0.25, 0.3) is 0 Å². The van der Waals surface area contributed by atoms with Gasteiger partial charge in [0.1, 0.15) is 11.5 Å². The second-order valence-corrected chi connectivity index (χ2v) is 5.03. The van der Waals surface area contributed by atoms with E-state index in [0.29, 0.717) is 12.6 Å². The molecule has 88 valence electrons. The Morgan fingerprint density at radius 1 is 1.25 bits per heavy atom. The largest absolute Gasteiger partial charge is 0.465 e. The number of aryl methyl sites for hydroxylation is 1. The summed E-state index contributed by atoms with van der Waals surface area (Å²) in [6.45, 7) is 1.77. The van der Waals surface area contributed by atoms with Crippen LogP contribution < -0.4 is 5.73 Å². The fourth-order valence-electron chi connectivity index (χ4n) is 3.17. The van der Waals surface area contributed by atoms with Gasteiger partial charge in [-0.1, -0.05) is 0 Å². The molecular formula is C13H20N2O. The molecule has 0 amide bonds. The summed E-state index contributed by atoms with van der Waals surface area (Å²) >= 11 is 0. The lowest BCUT2D eigenvalue weighted by molar-refractivity contribution is 0.223. The average molecular weight is 220 g/mol. The molecule has 0 saturated heterocycles. The van der Waals surface area contributed by atoms with Crippen LogP contribution in [0, 0.1) is 0 Å². The highest BCUT2D eigenvalue weighted by atomic mass is 16.3. The van der Waals surface area contributed by atoms with Crippen molar-refractivity contribution in [2.45, 2.75) is 38.1 Å². The molecule has 2 N–H and O–H groups in total. The molecule has 2 aliphatic rings. The van der Waals surface area contributed by atoms with Crippen LogP contribution in [0.2, 0.25) is 0 Å². The van der Waals surface area contributed by atoms with E-state index in [-0.39, 0.29) is 0 Å². The Balaban J connectivity index is 2.08. The van der Waals surface area contributed by atoms with Gasteiger partial charge < -0.3 is 10.2 Å². The fraction of sp³-hybridized carbons (Fsp3) is 0.692. The maximum Gasteiger partial charge on any atom is 0.110 e. The topological polar surface area (TPSA) is 42.4 Å². The molecule has 1 aromatic rings. The number of rotatable bonds is 1. The number of furan rings is 1. The quantitative estimate of drug-likeness (QED) is 0.782. The summed E-state index contributed by atoms with van der Waals surface area (Å²) in [5.74, 6) is 2.48. The Bertz CT molecular complexity index is 397. The third kappa shape index (κ3) is 1.42. The smallest absolute Gasteiger partial charge is 0.110 e. The van der Waals surface area contributed by atoms with E-state index in [0.717, 1.165) is 19.4 Å². The summed E-state index contributed by atoms with van der Waals surface area (Å²) in [5.41, 5.74) is 8.84. The molecule has 1 unspecified atom stereocenters. The molecule has 0 fully saturated rings. The van der Waals surface area contributed by atoms with E-state index < -0.39 is 0 Å². The van der Waals surface area contributed by atoms with Crippen molar-refractivity contribution in [2.75, 3.05) is 20.1 Å². The van der Waals surface area contributed by atoms with Crippen LogP contribution in [0.4, 0.5) is 0 Å². The summed E-state index contributed by atoms with van der Waals surface area (Å²) in [7, 11) is 2.17. The van der Waals surface area contributed by atoms with Gasteiger partial charge in [0.05, 0.1) is 6.04 Å². The second kappa shape index (κ2) is 3.90. The van der Waals surface area contributed by atoms with Crippen LogP contribution in [0.5, 0.6) is 0 Å².